The van der Waals surface area contributed by atoms with Crippen LogP contribution in [-0.4, -0.2) is 17.2 Å². The molecule has 0 radical (unpaired) electrons. The second-order valence-corrected chi connectivity index (χ2v) is 5.48. The van der Waals surface area contributed by atoms with Gasteiger partial charge in [-0.15, -0.1) is 0 Å². The van der Waals surface area contributed by atoms with Crippen molar-refractivity contribution in [3.63, 3.8) is 0 Å². The van der Waals surface area contributed by atoms with Crippen molar-refractivity contribution in [1.82, 2.24) is 4.98 Å². The quantitative estimate of drug-likeness (QED) is 0.902. The van der Waals surface area contributed by atoms with Gasteiger partial charge in [0.2, 0.25) is 0 Å². The molecule has 2 N–H and O–H groups in total. The third-order valence-electron chi connectivity index (χ3n) is 2.79. The van der Waals surface area contributed by atoms with E-state index in [-0.39, 0.29) is 11.6 Å². The minimum atomic E-state index is -0.171. The Balaban J connectivity index is 2.25. The van der Waals surface area contributed by atoms with E-state index in [1.54, 1.807) is 0 Å². The van der Waals surface area contributed by atoms with Crippen molar-refractivity contribution in [1.29, 1.82) is 0 Å². The van der Waals surface area contributed by atoms with Crippen molar-refractivity contribution < 1.29 is 4.74 Å². The van der Waals surface area contributed by atoms with Gasteiger partial charge in [0.25, 0.3) is 0 Å². The highest BCUT2D eigenvalue weighted by Crippen LogP contribution is 2.23. The average Bonchev–Trinajstić information content (AvgIpc) is 2.34. The molecule has 0 saturated carbocycles. The Morgan fingerprint density at radius 3 is 2.67 bits per heavy atom. The molecule has 1 atom stereocenters. The summed E-state index contributed by atoms with van der Waals surface area (Å²) in [6, 6.07) is 7.99. The highest BCUT2D eigenvalue weighted by molar-refractivity contribution is 5.85. The summed E-state index contributed by atoms with van der Waals surface area (Å²) in [5, 5.41) is 2.26. The van der Waals surface area contributed by atoms with E-state index in [9.17, 15) is 0 Å². The summed E-state index contributed by atoms with van der Waals surface area (Å²) < 4.78 is 5.74. The number of benzene rings is 1. The van der Waals surface area contributed by atoms with Crippen LogP contribution in [0.5, 0.6) is 0 Å². The van der Waals surface area contributed by atoms with Crippen molar-refractivity contribution in [2.45, 2.75) is 32.4 Å². The van der Waals surface area contributed by atoms with Crippen LogP contribution < -0.4 is 5.73 Å². The first-order chi connectivity index (χ1) is 8.47. The minimum absolute atomic E-state index is 0.150. The van der Waals surface area contributed by atoms with E-state index < -0.39 is 0 Å². The third-order valence-corrected chi connectivity index (χ3v) is 2.79. The summed E-state index contributed by atoms with van der Waals surface area (Å²) in [5.41, 5.74) is 7.07. The van der Waals surface area contributed by atoms with Gasteiger partial charge in [0.15, 0.2) is 0 Å². The highest BCUT2D eigenvalue weighted by Gasteiger charge is 2.15. The second-order valence-electron chi connectivity index (χ2n) is 5.48. The minimum Gasteiger partial charge on any atom is -0.374 e. The van der Waals surface area contributed by atoms with Gasteiger partial charge in [-0.05, 0) is 31.7 Å². The number of hydrogen-bond donors (Lipinski definition) is 1. The van der Waals surface area contributed by atoms with Crippen molar-refractivity contribution in [3.05, 3.63) is 42.2 Å². The molecule has 3 heteroatoms. The largest absolute Gasteiger partial charge is 0.374 e. The zero-order valence-electron chi connectivity index (χ0n) is 11.2. The molecule has 0 spiro atoms. The molecule has 1 unspecified atom stereocenters. The van der Waals surface area contributed by atoms with Gasteiger partial charge in [-0.1, -0.05) is 24.3 Å². The van der Waals surface area contributed by atoms with Crippen molar-refractivity contribution >= 4 is 10.8 Å². The van der Waals surface area contributed by atoms with E-state index in [2.05, 4.69) is 11.1 Å². The molecule has 0 bridgehead atoms. The van der Waals surface area contributed by atoms with Gasteiger partial charge in [-0.2, -0.15) is 0 Å². The summed E-state index contributed by atoms with van der Waals surface area (Å²) in [6.45, 7) is 6.59. The molecule has 1 heterocycles. The molecule has 0 saturated heterocycles. The molecular weight excluding hydrogens is 224 g/mol. The van der Waals surface area contributed by atoms with E-state index in [1.165, 1.54) is 0 Å². The number of rotatable bonds is 3. The van der Waals surface area contributed by atoms with E-state index in [0.29, 0.717) is 6.61 Å². The third kappa shape index (κ3) is 3.06. The van der Waals surface area contributed by atoms with Crippen molar-refractivity contribution in [3.8, 4) is 0 Å². The van der Waals surface area contributed by atoms with Crippen LogP contribution in [-0.2, 0) is 4.74 Å². The van der Waals surface area contributed by atoms with E-state index in [0.717, 1.165) is 16.3 Å². The van der Waals surface area contributed by atoms with Gasteiger partial charge in [0.1, 0.15) is 0 Å². The van der Waals surface area contributed by atoms with Crippen LogP contribution in [0.2, 0.25) is 0 Å². The smallest absolute Gasteiger partial charge is 0.0667 e. The topological polar surface area (TPSA) is 48.1 Å². The van der Waals surface area contributed by atoms with Gasteiger partial charge >= 0.3 is 0 Å². The fourth-order valence-corrected chi connectivity index (χ4v) is 1.86. The maximum Gasteiger partial charge on any atom is 0.0667 e. The number of aromatic nitrogens is 1. The molecule has 1 aromatic carbocycles. The predicted molar refractivity (Wildman–Crippen MR) is 74.4 cm³/mol. The monoisotopic (exact) mass is 244 g/mol. The number of fused-ring (bicyclic) bond motifs is 1. The zero-order chi connectivity index (χ0) is 13.2. The summed E-state index contributed by atoms with van der Waals surface area (Å²) in [6.07, 6.45) is 3.69. The molecular formula is C15H20N2O. The van der Waals surface area contributed by atoms with Gasteiger partial charge in [0.05, 0.1) is 18.2 Å². The first-order valence-electron chi connectivity index (χ1n) is 6.19. The van der Waals surface area contributed by atoms with Crippen LogP contribution in [0.15, 0.2) is 36.7 Å². The molecule has 0 fully saturated rings. The number of hydrogen-bond acceptors (Lipinski definition) is 3. The first-order valence-corrected chi connectivity index (χ1v) is 6.19. The molecule has 0 aliphatic carbocycles. The van der Waals surface area contributed by atoms with Crippen LogP contribution >= 0.6 is 0 Å². The number of nitrogens with two attached hydrogens (primary N) is 1. The van der Waals surface area contributed by atoms with Gasteiger partial charge in [0, 0.05) is 17.8 Å². The molecule has 0 aliphatic heterocycles. The molecule has 2 aromatic rings. The summed E-state index contributed by atoms with van der Waals surface area (Å²) in [7, 11) is 0. The lowest BCUT2D eigenvalue weighted by Gasteiger charge is -2.23. The Kier molecular flexibility index (Phi) is 3.64. The van der Waals surface area contributed by atoms with Crippen LogP contribution in [0, 0.1) is 0 Å². The number of nitrogens with zero attached hydrogens (tertiary/aromatic N) is 1. The molecule has 0 aliphatic rings. The molecule has 0 amide bonds. The maximum atomic E-state index is 6.20. The summed E-state index contributed by atoms with van der Waals surface area (Å²) in [4.78, 5) is 4.24. The Hall–Kier alpha value is -1.45. The molecule has 3 nitrogen and oxygen atoms in total. The molecule has 96 valence electrons. The standard InChI is InChI=1S/C15H20N2O/c1-15(2,3)18-10-14(16)13-9-17-8-11-6-4-5-7-12(11)13/h4-9,14H,10,16H2,1-3H3. The van der Waals surface area contributed by atoms with Gasteiger partial charge < -0.3 is 10.5 Å². The molecule has 2 rings (SSSR count). The fraction of sp³-hybridized carbons (Fsp3) is 0.400. The zero-order valence-corrected chi connectivity index (χ0v) is 11.2. The maximum absolute atomic E-state index is 6.20. The Labute approximate surface area is 108 Å². The Bertz CT molecular complexity index is 526. The van der Waals surface area contributed by atoms with Gasteiger partial charge in [-0.3, -0.25) is 4.98 Å². The summed E-state index contributed by atoms with van der Waals surface area (Å²) in [5.74, 6) is 0. The van der Waals surface area contributed by atoms with Crippen LogP contribution in [0.4, 0.5) is 0 Å². The lowest BCUT2D eigenvalue weighted by molar-refractivity contribution is -0.0101. The predicted octanol–water partition coefficient (Wildman–Crippen LogP) is 3.05. The SMILES string of the molecule is CC(C)(C)OCC(N)c1cncc2ccccc12. The van der Waals surface area contributed by atoms with Crippen molar-refractivity contribution in [2.24, 2.45) is 5.73 Å². The van der Waals surface area contributed by atoms with E-state index >= 15 is 0 Å². The highest BCUT2D eigenvalue weighted by atomic mass is 16.5. The lowest BCUT2D eigenvalue weighted by atomic mass is 10.0. The molecule has 18 heavy (non-hydrogen) atoms. The normalized spacial score (nSPS) is 13.8. The second kappa shape index (κ2) is 5.04. The lowest BCUT2D eigenvalue weighted by Crippen LogP contribution is -2.26. The van der Waals surface area contributed by atoms with Crippen LogP contribution in [0.3, 0.4) is 0 Å². The van der Waals surface area contributed by atoms with Crippen LogP contribution in [0.1, 0.15) is 32.4 Å². The Morgan fingerprint density at radius 2 is 1.94 bits per heavy atom. The Morgan fingerprint density at radius 1 is 1.22 bits per heavy atom. The van der Waals surface area contributed by atoms with Gasteiger partial charge in [-0.25, -0.2) is 0 Å². The average molecular weight is 244 g/mol. The summed E-state index contributed by atoms with van der Waals surface area (Å²) >= 11 is 0. The van der Waals surface area contributed by atoms with Crippen molar-refractivity contribution in [2.75, 3.05) is 6.61 Å². The number of pyridine rings is 1. The molecule has 1 aromatic heterocycles. The fourth-order valence-electron chi connectivity index (χ4n) is 1.86. The van der Waals surface area contributed by atoms with E-state index in [1.807, 2.05) is 51.4 Å². The first kappa shape index (κ1) is 13.0. The van der Waals surface area contributed by atoms with E-state index in [4.69, 9.17) is 10.5 Å². The van der Waals surface area contributed by atoms with Crippen LogP contribution in [0.25, 0.3) is 10.8 Å². The number of ether oxygens (including phenoxy) is 1.